The van der Waals surface area contributed by atoms with Crippen LogP contribution >= 0.6 is 0 Å². The van der Waals surface area contributed by atoms with Gasteiger partial charge >= 0.3 is 0 Å². The molecule has 1 aliphatic rings. The number of ether oxygens (including phenoxy) is 3. The molecule has 2 rings (SSSR count). The molecular weight excluding hydrogens is 332 g/mol. The van der Waals surface area contributed by atoms with E-state index in [2.05, 4.69) is 24.5 Å². The summed E-state index contributed by atoms with van der Waals surface area (Å²) in [6.45, 7) is 7.01. The van der Waals surface area contributed by atoms with E-state index in [1.807, 2.05) is 18.2 Å². The van der Waals surface area contributed by atoms with E-state index in [1.54, 1.807) is 14.2 Å². The summed E-state index contributed by atoms with van der Waals surface area (Å²) in [5.41, 5.74) is 0.237. The van der Waals surface area contributed by atoms with Crippen LogP contribution in [0.15, 0.2) is 18.2 Å². The maximum Gasteiger partial charge on any atom is 0.252 e. The molecule has 0 aromatic heterocycles. The Kier molecular flexibility index (Phi) is 7.72. The van der Waals surface area contributed by atoms with E-state index >= 15 is 0 Å². The zero-order chi connectivity index (χ0) is 19.0. The summed E-state index contributed by atoms with van der Waals surface area (Å²) in [6.07, 6.45) is 2.36. The van der Waals surface area contributed by atoms with Crippen molar-refractivity contribution in [1.29, 1.82) is 0 Å². The quantitative estimate of drug-likeness (QED) is 0.705. The average Bonchev–Trinajstić information content (AvgIpc) is 2.66. The van der Waals surface area contributed by atoms with Crippen molar-refractivity contribution < 1.29 is 19.0 Å². The number of rotatable bonds is 9. The Morgan fingerprint density at radius 1 is 1.23 bits per heavy atom. The molecule has 1 heterocycles. The highest BCUT2D eigenvalue weighted by molar-refractivity contribution is 5.85. The Bertz CT molecular complexity index is 583. The van der Waals surface area contributed by atoms with Crippen molar-refractivity contribution in [2.45, 2.75) is 45.3 Å². The van der Waals surface area contributed by atoms with Crippen LogP contribution in [0.25, 0.3) is 0 Å². The minimum Gasteiger partial charge on any atom is -0.493 e. The number of amides is 1. The van der Waals surface area contributed by atoms with Crippen molar-refractivity contribution in [3.63, 3.8) is 0 Å². The predicted octanol–water partition coefficient (Wildman–Crippen LogP) is 2.50. The molecule has 6 heteroatoms. The molecule has 0 spiro atoms. The first-order valence-corrected chi connectivity index (χ1v) is 9.34. The predicted molar refractivity (Wildman–Crippen MR) is 102 cm³/mol. The van der Waals surface area contributed by atoms with E-state index < -0.39 is 5.60 Å². The molecular formula is C20H32N2O4. The second kappa shape index (κ2) is 9.78. The van der Waals surface area contributed by atoms with Gasteiger partial charge in [-0.25, -0.2) is 0 Å². The molecule has 26 heavy (non-hydrogen) atoms. The van der Waals surface area contributed by atoms with Crippen LogP contribution in [-0.2, 0) is 16.1 Å². The van der Waals surface area contributed by atoms with Crippen LogP contribution in [0.5, 0.6) is 11.5 Å². The van der Waals surface area contributed by atoms with Crippen LogP contribution in [0.2, 0.25) is 0 Å². The molecule has 1 aliphatic heterocycles. The summed E-state index contributed by atoms with van der Waals surface area (Å²) in [7, 11) is 3.24. The summed E-state index contributed by atoms with van der Waals surface area (Å²) < 4.78 is 16.8. The average molecular weight is 364 g/mol. The van der Waals surface area contributed by atoms with Gasteiger partial charge in [0.25, 0.3) is 5.91 Å². The Hall–Kier alpha value is -1.79. The lowest BCUT2D eigenvalue weighted by atomic mass is 9.91. The Balaban J connectivity index is 1.95. The number of benzene rings is 1. The summed E-state index contributed by atoms with van der Waals surface area (Å²) in [4.78, 5) is 12.6. The molecule has 1 saturated heterocycles. The van der Waals surface area contributed by atoms with Crippen LogP contribution in [0.3, 0.4) is 0 Å². The topological polar surface area (TPSA) is 68.8 Å². The lowest BCUT2D eigenvalue weighted by Crippen LogP contribution is -2.53. The maximum atomic E-state index is 12.6. The van der Waals surface area contributed by atoms with Gasteiger partial charge < -0.3 is 24.8 Å². The molecule has 1 aromatic carbocycles. The van der Waals surface area contributed by atoms with Gasteiger partial charge in [-0.2, -0.15) is 0 Å². The fraction of sp³-hybridized carbons (Fsp3) is 0.650. The minimum absolute atomic E-state index is 0.0577. The van der Waals surface area contributed by atoms with E-state index in [1.165, 1.54) is 0 Å². The third kappa shape index (κ3) is 5.35. The normalized spacial score (nSPS) is 16.3. The lowest BCUT2D eigenvalue weighted by Gasteiger charge is -2.34. The lowest BCUT2D eigenvalue weighted by molar-refractivity contribution is -0.146. The molecule has 146 valence electrons. The van der Waals surface area contributed by atoms with Gasteiger partial charge in [-0.05, 0) is 56.0 Å². The van der Waals surface area contributed by atoms with E-state index in [9.17, 15) is 4.79 Å². The standard InChI is InChI=1S/C20H32N2O4/c1-15(2)7-12-26-17-6-5-16(13-18(17)24-3)14-22-19(23)20(25-4)8-10-21-11-9-20/h5-6,13,15,21H,7-12,14H2,1-4H3,(H,22,23). The Morgan fingerprint density at radius 2 is 1.96 bits per heavy atom. The van der Waals surface area contributed by atoms with Crippen molar-refractivity contribution in [2.24, 2.45) is 5.92 Å². The zero-order valence-electron chi connectivity index (χ0n) is 16.4. The molecule has 6 nitrogen and oxygen atoms in total. The monoisotopic (exact) mass is 364 g/mol. The van der Waals surface area contributed by atoms with Gasteiger partial charge in [0.1, 0.15) is 5.60 Å². The van der Waals surface area contributed by atoms with E-state index in [-0.39, 0.29) is 5.91 Å². The first-order chi connectivity index (χ1) is 12.5. The van der Waals surface area contributed by atoms with E-state index in [0.29, 0.717) is 37.7 Å². The summed E-state index contributed by atoms with van der Waals surface area (Å²) in [5.74, 6) is 1.95. The van der Waals surface area contributed by atoms with Gasteiger partial charge in [-0.3, -0.25) is 4.79 Å². The van der Waals surface area contributed by atoms with Crippen molar-refractivity contribution >= 4 is 5.91 Å². The zero-order valence-corrected chi connectivity index (χ0v) is 16.4. The molecule has 1 amide bonds. The molecule has 0 bridgehead atoms. The van der Waals surface area contributed by atoms with Crippen LogP contribution < -0.4 is 20.1 Å². The first kappa shape index (κ1) is 20.5. The Morgan fingerprint density at radius 3 is 2.58 bits per heavy atom. The summed E-state index contributed by atoms with van der Waals surface area (Å²) in [5, 5.41) is 6.26. The van der Waals surface area contributed by atoms with Crippen LogP contribution in [-0.4, -0.2) is 45.4 Å². The molecule has 0 unspecified atom stereocenters. The van der Waals surface area contributed by atoms with Crippen LogP contribution in [0, 0.1) is 5.92 Å². The third-order valence-electron chi connectivity index (χ3n) is 4.85. The molecule has 0 radical (unpaired) electrons. The fourth-order valence-corrected chi connectivity index (χ4v) is 3.04. The molecule has 0 atom stereocenters. The van der Waals surface area contributed by atoms with E-state index in [0.717, 1.165) is 30.8 Å². The third-order valence-corrected chi connectivity index (χ3v) is 4.85. The number of piperidine rings is 1. The highest BCUT2D eigenvalue weighted by atomic mass is 16.5. The van der Waals surface area contributed by atoms with Crippen LogP contribution in [0.4, 0.5) is 0 Å². The highest BCUT2D eigenvalue weighted by Crippen LogP contribution is 2.29. The number of carbonyl (C=O) groups excluding carboxylic acids is 1. The number of nitrogens with one attached hydrogen (secondary N) is 2. The van der Waals surface area contributed by atoms with Crippen molar-refractivity contribution in [3.8, 4) is 11.5 Å². The van der Waals surface area contributed by atoms with Crippen LogP contribution in [0.1, 0.15) is 38.7 Å². The minimum atomic E-state index is -0.727. The second-order valence-corrected chi connectivity index (χ2v) is 7.15. The van der Waals surface area contributed by atoms with Gasteiger partial charge in [0.05, 0.1) is 13.7 Å². The first-order valence-electron chi connectivity index (χ1n) is 9.34. The van der Waals surface area contributed by atoms with Gasteiger partial charge in [0.2, 0.25) is 0 Å². The summed E-state index contributed by atoms with van der Waals surface area (Å²) >= 11 is 0. The van der Waals surface area contributed by atoms with Gasteiger partial charge in [0.15, 0.2) is 11.5 Å². The molecule has 2 N–H and O–H groups in total. The summed E-state index contributed by atoms with van der Waals surface area (Å²) in [6, 6.07) is 5.76. The second-order valence-electron chi connectivity index (χ2n) is 7.15. The largest absolute Gasteiger partial charge is 0.493 e. The molecule has 0 aliphatic carbocycles. The van der Waals surface area contributed by atoms with Gasteiger partial charge in [-0.15, -0.1) is 0 Å². The number of hydrogen-bond donors (Lipinski definition) is 2. The van der Waals surface area contributed by atoms with E-state index in [4.69, 9.17) is 14.2 Å². The number of hydrogen-bond acceptors (Lipinski definition) is 5. The Labute approximate surface area is 156 Å². The van der Waals surface area contributed by atoms with Crippen molar-refractivity contribution in [3.05, 3.63) is 23.8 Å². The fourth-order valence-electron chi connectivity index (χ4n) is 3.04. The molecule has 1 aromatic rings. The number of methoxy groups -OCH3 is 2. The highest BCUT2D eigenvalue weighted by Gasteiger charge is 2.39. The maximum absolute atomic E-state index is 12.6. The van der Waals surface area contributed by atoms with Crippen molar-refractivity contribution in [2.75, 3.05) is 33.9 Å². The van der Waals surface area contributed by atoms with Crippen molar-refractivity contribution in [1.82, 2.24) is 10.6 Å². The SMILES string of the molecule is COc1cc(CNC(=O)C2(OC)CCNCC2)ccc1OCCC(C)C. The smallest absolute Gasteiger partial charge is 0.252 e. The van der Waals surface area contributed by atoms with Gasteiger partial charge in [-0.1, -0.05) is 19.9 Å². The molecule has 1 fully saturated rings. The number of carbonyl (C=O) groups is 1. The molecule has 0 saturated carbocycles. The van der Waals surface area contributed by atoms with Gasteiger partial charge in [0, 0.05) is 13.7 Å².